The van der Waals surface area contributed by atoms with Crippen LogP contribution < -0.4 is 5.32 Å². The zero-order valence-corrected chi connectivity index (χ0v) is 18.5. The molecule has 1 aliphatic heterocycles. The van der Waals surface area contributed by atoms with Gasteiger partial charge in [0, 0.05) is 24.3 Å². The molecule has 0 aromatic heterocycles. The minimum absolute atomic E-state index is 0.0873. The molecule has 0 fully saturated rings. The van der Waals surface area contributed by atoms with Crippen molar-refractivity contribution >= 4 is 21.6 Å². The highest BCUT2D eigenvalue weighted by molar-refractivity contribution is 7.89. The van der Waals surface area contributed by atoms with Crippen molar-refractivity contribution in [2.75, 3.05) is 11.9 Å². The third-order valence-electron chi connectivity index (χ3n) is 5.57. The number of hydrogen-bond acceptors (Lipinski definition) is 3. The van der Waals surface area contributed by atoms with Crippen LogP contribution in [0.4, 0.5) is 18.9 Å². The Morgan fingerprint density at radius 1 is 0.939 bits per heavy atom. The van der Waals surface area contributed by atoms with Crippen molar-refractivity contribution in [3.63, 3.8) is 0 Å². The molecule has 0 spiro atoms. The normalized spacial score (nSPS) is 14.5. The smallest absolute Gasteiger partial charge is 0.322 e. The molecule has 0 radical (unpaired) electrons. The molecule has 0 saturated carbocycles. The van der Waals surface area contributed by atoms with Crippen LogP contribution in [-0.2, 0) is 29.2 Å². The number of alkyl halides is 3. The van der Waals surface area contributed by atoms with Crippen molar-refractivity contribution in [1.29, 1.82) is 0 Å². The molecule has 9 heteroatoms. The van der Waals surface area contributed by atoms with E-state index in [0.29, 0.717) is 18.7 Å². The van der Waals surface area contributed by atoms with Gasteiger partial charge in [-0.15, -0.1) is 0 Å². The number of hydrogen-bond donors (Lipinski definition) is 1. The van der Waals surface area contributed by atoms with Gasteiger partial charge >= 0.3 is 6.18 Å². The van der Waals surface area contributed by atoms with E-state index in [1.54, 1.807) is 36.4 Å². The van der Waals surface area contributed by atoms with Gasteiger partial charge in [0.15, 0.2) is 0 Å². The SMILES string of the molecule is Cc1ccc(S(=O)(=O)N2CCc3ccc(NC(=O)c4ccc(C(F)(F)F)cc4)cc3C2)cc1. The van der Waals surface area contributed by atoms with Gasteiger partial charge in [-0.3, -0.25) is 4.79 Å². The topological polar surface area (TPSA) is 66.5 Å². The molecular formula is C24H21F3N2O3S. The Hall–Kier alpha value is -3.17. The summed E-state index contributed by atoms with van der Waals surface area (Å²) in [5.74, 6) is -0.552. The predicted octanol–water partition coefficient (Wildman–Crippen LogP) is 5.01. The Morgan fingerprint density at radius 3 is 2.24 bits per heavy atom. The Bertz CT molecular complexity index is 1290. The molecule has 5 nitrogen and oxygen atoms in total. The zero-order valence-electron chi connectivity index (χ0n) is 17.7. The largest absolute Gasteiger partial charge is 0.416 e. The number of benzene rings is 3. The van der Waals surface area contributed by atoms with E-state index in [0.717, 1.165) is 41.0 Å². The fraction of sp³-hybridized carbons (Fsp3) is 0.208. The summed E-state index contributed by atoms with van der Waals surface area (Å²) in [6.45, 7) is 2.39. The highest BCUT2D eigenvalue weighted by Gasteiger charge is 2.30. The summed E-state index contributed by atoms with van der Waals surface area (Å²) >= 11 is 0. The van der Waals surface area contributed by atoms with Gasteiger partial charge < -0.3 is 5.32 Å². The quantitative estimate of drug-likeness (QED) is 0.578. The van der Waals surface area contributed by atoms with Gasteiger partial charge in [-0.2, -0.15) is 17.5 Å². The molecule has 1 N–H and O–H groups in total. The molecule has 1 aliphatic rings. The Labute approximate surface area is 189 Å². The number of fused-ring (bicyclic) bond motifs is 1. The molecule has 0 bridgehead atoms. The summed E-state index contributed by atoms with van der Waals surface area (Å²) in [5.41, 5.74) is 2.41. The van der Waals surface area contributed by atoms with E-state index in [1.807, 2.05) is 13.0 Å². The van der Waals surface area contributed by atoms with Crippen molar-refractivity contribution in [2.24, 2.45) is 0 Å². The molecular weight excluding hydrogens is 453 g/mol. The molecule has 0 saturated heterocycles. The van der Waals surface area contributed by atoms with E-state index in [4.69, 9.17) is 0 Å². The number of nitrogens with one attached hydrogen (secondary N) is 1. The van der Waals surface area contributed by atoms with Gasteiger partial charge in [0.2, 0.25) is 10.0 Å². The summed E-state index contributed by atoms with van der Waals surface area (Å²) in [6.07, 6.45) is -3.94. The maximum absolute atomic E-state index is 13.0. The second-order valence-corrected chi connectivity index (χ2v) is 9.85. The fourth-order valence-electron chi connectivity index (χ4n) is 3.69. The summed E-state index contributed by atoms with van der Waals surface area (Å²) in [5, 5.41) is 2.67. The van der Waals surface area contributed by atoms with Gasteiger partial charge in [-0.1, -0.05) is 23.8 Å². The molecule has 0 atom stereocenters. The van der Waals surface area contributed by atoms with E-state index in [-0.39, 0.29) is 17.0 Å². The Morgan fingerprint density at radius 2 is 1.61 bits per heavy atom. The van der Waals surface area contributed by atoms with E-state index in [1.165, 1.54) is 4.31 Å². The third-order valence-corrected chi connectivity index (χ3v) is 7.43. The van der Waals surface area contributed by atoms with Gasteiger partial charge in [0.05, 0.1) is 10.5 Å². The van der Waals surface area contributed by atoms with Crippen molar-refractivity contribution in [3.05, 3.63) is 94.5 Å². The lowest BCUT2D eigenvalue weighted by Gasteiger charge is -2.28. The van der Waals surface area contributed by atoms with Crippen LogP contribution in [0.1, 0.15) is 32.6 Å². The van der Waals surface area contributed by atoms with Crippen molar-refractivity contribution in [3.8, 4) is 0 Å². The number of sulfonamides is 1. The van der Waals surface area contributed by atoms with Crippen LogP contribution in [0.25, 0.3) is 0 Å². The van der Waals surface area contributed by atoms with Crippen molar-refractivity contribution in [2.45, 2.75) is 31.0 Å². The lowest BCUT2D eigenvalue weighted by atomic mass is 10.0. The number of rotatable bonds is 4. The average Bonchev–Trinajstić information content (AvgIpc) is 2.78. The first-order valence-electron chi connectivity index (χ1n) is 10.2. The average molecular weight is 475 g/mol. The molecule has 0 aliphatic carbocycles. The molecule has 4 rings (SSSR count). The molecule has 1 amide bonds. The van der Waals surface area contributed by atoms with Gasteiger partial charge in [0.25, 0.3) is 5.91 Å². The van der Waals surface area contributed by atoms with Gasteiger partial charge in [-0.05, 0) is 73.0 Å². The number of carbonyl (C=O) groups excluding carboxylic acids is 1. The first-order valence-corrected chi connectivity index (χ1v) is 11.7. The van der Waals surface area contributed by atoms with Gasteiger partial charge in [0.1, 0.15) is 0 Å². The standard InChI is InChI=1S/C24H21F3N2O3S/c1-16-2-10-22(11-3-16)33(31,32)29-13-12-17-6-9-21(14-19(17)15-29)28-23(30)18-4-7-20(8-5-18)24(25,26)27/h2-11,14H,12-13,15H2,1H3,(H,28,30). The molecule has 3 aromatic rings. The molecule has 1 heterocycles. The summed E-state index contributed by atoms with van der Waals surface area (Å²) in [7, 11) is -3.66. The number of anilines is 1. The number of carbonyl (C=O) groups is 1. The van der Waals surface area contributed by atoms with Crippen LogP contribution in [-0.4, -0.2) is 25.2 Å². The van der Waals surface area contributed by atoms with Crippen LogP contribution in [0, 0.1) is 6.92 Å². The van der Waals surface area contributed by atoms with E-state index in [9.17, 15) is 26.4 Å². The van der Waals surface area contributed by atoms with Crippen molar-refractivity contribution < 1.29 is 26.4 Å². The molecule has 3 aromatic carbocycles. The fourth-order valence-corrected chi connectivity index (χ4v) is 5.11. The van der Waals surface area contributed by atoms with E-state index in [2.05, 4.69) is 5.32 Å². The first-order chi connectivity index (χ1) is 15.5. The number of aryl methyl sites for hydroxylation is 1. The van der Waals surface area contributed by atoms with Crippen LogP contribution in [0.2, 0.25) is 0 Å². The van der Waals surface area contributed by atoms with Crippen LogP contribution in [0.15, 0.2) is 71.6 Å². The van der Waals surface area contributed by atoms with Crippen LogP contribution in [0.5, 0.6) is 0 Å². The number of nitrogens with zero attached hydrogens (tertiary/aromatic N) is 1. The minimum atomic E-state index is -4.47. The molecule has 33 heavy (non-hydrogen) atoms. The lowest BCUT2D eigenvalue weighted by Crippen LogP contribution is -2.36. The predicted molar refractivity (Wildman–Crippen MR) is 118 cm³/mol. The summed E-state index contributed by atoms with van der Waals surface area (Å²) < 4.78 is 65.6. The maximum Gasteiger partial charge on any atom is 0.416 e. The summed E-state index contributed by atoms with van der Waals surface area (Å²) in [4.78, 5) is 12.7. The first kappa shape index (κ1) is 23.0. The van der Waals surface area contributed by atoms with E-state index >= 15 is 0 Å². The Balaban J connectivity index is 1.51. The maximum atomic E-state index is 13.0. The second kappa shape index (κ2) is 8.64. The third kappa shape index (κ3) is 4.94. The highest BCUT2D eigenvalue weighted by atomic mass is 32.2. The second-order valence-electron chi connectivity index (χ2n) is 7.91. The summed E-state index contributed by atoms with van der Waals surface area (Å²) in [6, 6.07) is 15.8. The monoisotopic (exact) mass is 474 g/mol. The van der Waals surface area contributed by atoms with Crippen LogP contribution >= 0.6 is 0 Å². The van der Waals surface area contributed by atoms with E-state index < -0.39 is 27.7 Å². The molecule has 0 unspecified atom stereocenters. The number of halogens is 3. The van der Waals surface area contributed by atoms with Crippen molar-refractivity contribution in [1.82, 2.24) is 4.31 Å². The highest BCUT2D eigenvalue weighted by Crippen LogP contribution is 2.30. The zero-order chi connectivity index (χ0) is 23.8. The van der Waals surface area contributed by atoms with Crippen LogP contribution in [0.3, 0.4) is 0 Å². The Kier molecular flexibility index (Phi) is 6.02. The number of amides is 1. The van der Waals surface area contributed by atoms with Gasteiger partial charge in [-0.25, -0.2) is 8.42 Å². The minimum Gasteiger partial charge on any atom is -0.322 e. The lowest BCUT2D eigenvalue weighted by molar-refractivity contribution is -0.137. The molecule has 172 valence electrons.